The number of carbonyl (C=O) groups is 2. The van der Waals surface area contributed by atoms with Crippen molar-refractivity contribution in [2.45, 2.75) is 12.8 Å². The molecule has 0 aliphatic rings. The standard InChI is InChI=1S/C21H19FN2O4/c1-27-19(25)11-6-12-23-20(26)14-7-2-3-8-15(14)21-24-13-18(28-21)16-9-4-5-10-17(16)22/h2-5,7-10,13H,6,11-12H2,1H3,(H,23,26). The molecule has 3 aromatic rings. The molecule has 0 atom stereocenters. The third-order valence-corrected chi connectivity index (χ3v) is 4.12. The molecule has 0 spiro atoms. The lowest BCUT2D eigenvalue weighted by Crippen LogP contribution is -2.25. The summed E-state index contributed by atoms with van der Waals surface area (Å²) >= 11 is 0. The minimum absolute atomic E-state index is 0.221. The molecule has 0 bridgehead atoms. The highest BCUT2D eigenvalue weighted by Crippen LogP contribution is 2.29. The second-order valence-corrected chi connectivity index (χ2v) is 5.99. The maximum Gasteiger partial charge on any atom is 0.305 e. The van der Waals surface area contributed by atoms with Crippen LogP contribution < -0.4 is 5.32 Å². The van der Waals surface area contributed by atoms with Crippen LogP contribution in [-0.2, 0) is 9.53 Å². The fraction of sp³-hybridized carbons (Fsp3) is 0.190. The lowest BCUT2D eigenvalue weighted by atomic mass is 10.1. The van der Waals surface area contributed by atoms with Gasteiger partial charge >= 0.3 is 5.97 Å². The predicted molar refractivity (Wildman–Crippen MR) is 101 cm³/mol. The second-order valence-electron chi connectivity index (χ2n) is 5.99. The number of methoxy groups -OCH3 is 1. The van der Waals surface area contributed by atoms with Crippen LogP contribution in [0.15, 0.2) is 59.1 Å². The van der Waals surface area contributed by atoms with E-state index in [1.165, 1.54) is 19.4 Å². The van der Waals surface area contributed by atoms with Crippen LogP contribution in [0.1, 0.15) is 23.2 Å². The van der Waals surface area contributed by atoms with Gasteiger partial charge < -0.3 is 14.5 Å². The Morgan fingerprint density at radius 1 is 1.11 bits per heavy atom. The van der Waals surface area contributed by atoms with Crippen LogP contribution in [0.25, 0.3) is 22.8 Å². The third-order valence-electron chi connectivity index (χ3n) is 4.12. The van der Waals surface area contributed by atoms with E-state index in [4.69, 9.17) is 4.42 Å². The van der Waals surface area contributed by atoms with Crippen LogP contribution in [0.2, 0.25) is 0 Å². The van der Waals surface area contributed by atoms with Crippen molar-refractivity contribution in [2.24, 2.45) is 0 Å². The van der Waals surface area contributed by atoms with Crippen molar-refractivity contribution in [3.63, 3.8) is 0 Å². The Morgan fingerprint density at radius 3 is 2.57 bits per heavy atom. The van der Waals surface area contributed by atoms with E-state index < -0.39 is 5.82 Å². The van der Waals surface area contributed by atoms with Gasteiger partial charge in [0.15, 0.2) is 5.76 Å². The highest BCUT2D eigenvalue weighted by molar-refractivity contribution is 6.00. The number of nitrogens with one attached hydrogen (secondary N) is 1. The van der Waals surface area contributed by atoms with Crippen molar-refractivity contribution >= 4 is 11.9 Å². The Bertz CT molecular complexity index is 984. The molecule has 1 N–H and O–H groups in total. The van der Waals surface area contributed by atoms with E-state index in [2.05, 4.69) is 15.0 Å². The van der Waals surface area contributed by atoms with Gasteiger partial charge in [-0.05, 0) is 30.7 Å². The van der Waals surface area contributed by atoms with Crippen molar-refractivity contribution in [3.8, 4) is 22.8 Å². The van der Waals surface area contributed by atoms with E-state index in [-0.39, 0.29) is 29.9 Å². The Hall–Kier alpha value is -3.48. The van der Waals surface area contributed by atoms with E-state index >= 15 is 0 Å². The van der Waals surface area contributed by atoms with Crippen LogP contribution in [0, 0.1) is 5.82 Å². The van der Waals surface area contributed by atoms with Crippen LogP contribution in [-0.4, -0.2) is 30.5 Å². The Morgan fingerprint density at radius 2 is 1.82 bits per heavy atom. The quantitative estimate of drug-likeness (QED) is 0.496. The van der Waals surface area contributed by atoms with Crippen molar-refractivity contribution in [1.82, 2.24) is 10.3 Å². The van der Waals surface area contributed by atoms with Crippen LogP contribution in [0.5, 0.6) is 0 Å². The van der Waals surface area contributed by atoms with Crippen molar-refractivity contribution in [3.05, 3.63) is 66.1 Å². The van der Waals surface area contributed by atoms with E-state index in [0.29, 0.717) is 29.7 Å². The number of carbonyl (C=O) groups excluding carboxylic acids is 2. The SMILES string of the molecule is COC(=O)CCCNC(=O)c1ccccc1-c1ncc(-c2ccccc2F)o1. The molecular formula is C21H19FN2O4. The fourth-order valence-corrected chi connectivity index (χ4v) is 2.68. The number of esters is 1. The van der Waals surface area contributed by atoms with Gasteiger partial charge in [-0.25, -0.2) is 9.37 Å². The summed E-state index contributed by atoms with van der Waals surface area (Å²) in [5.74, 6) is -0.553. The first-order valence-electron chi connectivity index (χ1n) is 8.75. The molecule has 7 heteroatoms. The first kappa shape index (κ1) is 19.3. The molecule has 0 aliphatic heterocycles. The van der Waals surface area contributed by atoms with Gasteiger partial charge in [-0.15, -0.1) is 0 Å². The number of amides is 1. The minimum Gasteiger partial charge on any atom is -0.469 e. The summed E-state index contributed by atoms with van der Waals surface area (Å²) in [5.41, 5.74) is 1.17. The molecule has 0 fully saturated rings. The molecule has 0 radical (unpaired) electrons. The van der Waals surface area contributed by atoms with Crippen molar-refractivity contribution in [2.75, 3.05) is 13.7 Å². The number of hydrogen-bond donors (Lipinski definition) is 1. The minimum atomic E-state index is -0.415. The zero-order valence-corrected chi connectivity index (χ0v) is 15.3. The molecule has 144 valence electrons. The smallest absolute Gasteiger partial charge is 0.305 e. The van der Waals surface area contributed by atoms with E-state index in [0.717, 1.165) is 0 Å². The average Bonchev–Trinajstić information content (AvgIpc) is 3.21. The molecule has 6 nitrogen and oxygen atoms in total. The number of benzene rings is 2. The monoisotopic (exact) mass is 382 g/mol. The van der Waals surface area contributed by atoms with Crippen molar-refractivity contribution in [1.29, 1.82) is 0 Å². The summed E-state index contributed by atoms with van der Waals surface area (Å²) in [6, 6.07) is 13.1. The van der Waals surface area contributed by atoms with Gasteiger partial charge in [0, 0.05) is 18.5 Å². The Balaban J connectivity index is 1.77. The zero-order chi connectivity index (χ0) is 19.9. The largest absolute Gasteiger partial charge is 0.469 e. The number of nitrogens with zero attached hydrogens (tertiary/aromatic N) is 1. The molecule has 1 aromatic heterocycles. The number of hydrogen-bond acceptors (Lipinski definition) is 5. The van der Waals surface area contributed by atoms with E-state index in [1.807, 2.05) is 0 Å². The van der Waals surface area contributed by atoms with Gasteiger partial charge in [-0.1, -0.05) is 24.3 Å². The molecule has 2 aromatic carbocycles. The lowest BCUT2D eigenvalue weighted by molar-refractivity contribution is -0.140. The fourth-order valence-electron chi connectivity index (χ4n) is 2.68. The number of rotatable bonds is 7. The molecule has 28 heavy (non-hydrogen) atoms. The topological polar surface area (TPSA) is 81.4 Å². The summed E-state index contributed by atoms with van der Waals surface area (Å²) in [5, 5.41) is 2.76. The van der Waals surface area contributed by atoms with Crippen LogP contribution in [0.4, 0.5) is 4.39 Å². The molecule has 1 amide bonds. The zero-order valence-electron chi connectivity index (χ0n) is 15.3. The van der Waals surface area contributed by atoms with Gasteiger partial charge in [0.2, 0.25) is 5.89 Å². The van der Waals surface area contributed by atoms with E-state index in [1.54, 1.807) is 42.5 Å². The third kappa shape index (κ3) is 4.43. The van der Waals surface area contributed by atoms with Gasteiger partial charge in [-0.2, -0.15) is 0 Å². The highest BCUT2D eigenvalue weighted by Gasteiger charge is 2.17. The maximum atomic E-state index is 14.0. The Kier molecular flexibility index (Phi) is 6.16. The predicted octanol–water partition coefficient (Wildman–Crippen LogP) is 3.83. The normalized spacial score (nSPS) is 10.5. The number of halogens is 1. The van der Waals surface area contributed by atoms with Gasteiger partial charge in [0.1, 0.15) is 5.82 Å². The summed E-state index contributed by atoms with van der Waals surface area (Å²) in [4.78, 5) is 27.9. The number of ether oxygens (including phenoxy) is 1. The molecule has 3 rings (SSSR count). The average molecular weight is 382 g/mol. The Labute approximate surface area is 161 Å². The molecule has 0 saturated heterocycles. The molecule has 0 saturated carbocycles. The van der Waals surface area contributed by atoms with Gasteiger partial charge in [-0.3, -0.25) is 9.59 Å². The van der Waals surface area contributed by atoms with Crippen LogP contribution in [0.3, 0.4) is 0 Å². The molecular weight excluding hydrogens is 363 g/mol. The summed E-state index contributed by atoms with van der Waals surface area (Å²) < 4.78 is 24.2. The number of aromatic nitrogens is 1. The van der Waals surface area contributed by atoms with Crippen LogP contribution >= 0.6 is 0 Å². The van der Waals surface area contributed by atoms with Gasteiger partial charge in [0.05, 0.1) is 24.4 Å². The first-order chi connectivity index (χ1) is 13.6. The lowest BCUT2D eigenvalue weighted by Gasteiger charge is -2.08. The second kappa shape index (κ2) is 8.94. The maximum absolute atomic E-state index is 14.0. The highest BCUT2D eigenvalue weighted by atomic mass is 19.1. The molecule has 1 heterocycles. The summed E-state index contributed by atoms with van der Waals surface area (Å²) in [7, 11) is 1.32. The number of oxazole rings is 1. The summed E-state index contributed by atoms with van der Waals surface area (Å²) in [6.07, 6.45) is 2.12. The van der Waals surface area contributed by atoms with Crippen molar-refractivity contribution < 1.29 is 23.1 Å². The summed E-state index contributed by atoms with van der Waals surface area (Å²) in [6.45, 7) is 0.328. The van der Waals surface area contributed by atoms with Gasteiger partial charge in [0.25, 0.3) is 5.91 Å². The first-order valence-corrected chi connectivity index (χ1v) is 8.75. The van der Waals surface area contributed by atoms with E-state index in [9.17, 15) is 14.0 Å². The molecule has 0 aliphatic carbocycles. The molecule has 0 unspecified atom stereocenters.